The summed E-state index contributed by atoms with van der Waals surface area (Å²) in [7, 11) is 4.29. The molecular formula is C61H78N16O5S2. The number of aryl methyl sites for hydroxylation is 2. The number of nitrogens with two attached hydrogens (primary N) is 2. The van der Waals surface area contributed by atoms with Crippen molar-refractivity contribution < 1.29 is 23.3 Å². The van der Waals surface area contributed by atoms with Gasteiger partial charge in [-0.3, -0.25) is 14.6 Å². The molecule has 84 heavy (non-hydrogen) atoms. The number of nitriles is 2. The molecule has 0 saturated carbocycles. The molecule has 0 unspecified atom stereocenters. The van der Waals surface area contributed by atoms with Crippen LogP contribution in [-0.4, -0.2) is 154 Å². The summed E-state index contributed by atoms with van der Waals surface area (Å²) in [5.41, 5.74) is 15.5. The van der Waals surface area contributed by atoms with Crippen molar-refractivity contribution in [2.75, 3.05) is 87.7 Å². The number of rotatable bonds is 13. The molecule has 12 rings (SSSR count). The third kappa shape index (κ3) is 11.2. The maximum atomic E-state index is 12.3. The summed E-state index contributed by atoms with van der Waals surface area (Å²) in [4.78, 5) is 45.2. The Balaban J connectivity index is 0.000000176. The van der Waals surface area contributed by atoms with Gasteiger partial charge in [0.1, 0.15) is 57.5 Å². The third-order valence-electron chi connectivity index (χ3n) is 18.5. The maximum absolute atomic E-state index is 12.3. The predicted molar refractivity (Wildman–Crippen MR) is 325 cm³/mol. The Labute approximate surface area is 500 Å². The van der Waals surface area contributed by atoms with Crippen molar-refractivity contribution in [3.8, 4) is 46.9 Å². The summed E-state index contributed by atoms with van der Waals surface area (Å²) in [6.45, 7) is 22.8. The van der Waals surface area contributed by atoms with E-state index >= 15 is 0 Å². The second-order valence-electron chi connectivity index (χ2n) is 24.1. The Kier molecular flexibility index (Phi) is 16.8. The van der Waals surface area contributed by atoms with Crippen LogP contribution in [0.25, 0.3) is 23.0 Å². The van der Waals surface area contributed by atoms with Gasteiger partial charge in [0.25, 0.3) is 0 Å². The van der Waals surface area contributed by atoms with E-state index in [4.69, 9.17) is 49.9 Å². The van der Waals surface area contributed by atoms with Gasteiger partial charge in [-0.1, -0.05) is 16.9 Å². The summed E-state index contributed by atoms with van der Waals surface area (Å²) in [6, 6.07) is 13.3. The largest absolute Gasteiger partial charge is 0.473 e. The highest BCUT2D eigenvalue weighted by Gasteiger charge is 2.44. The zero-order valence-corrected chi connectivity index (χ0v) is 51.2. The lowest BCUT2D eigenvalue weighted by atomic mass is 9.71. The number of fused-ring (bicyclic) bond motifs is 2. The van der Waals surface area contributed by atoms with Crippen molar-refractivity contribution in [2.24, 2.45) is 0 Å². The molecule has 4 aliphatic heterocycles. The predicted octanol–water partition coefficient (Wildman–Crippen LogP) is 8.32. The van der Waals surface area contributed by atoms with E-state index in [1.807, 2.05) is 24.3 Å². The van der Waals surface area contributed by atoms with E-state index in [0.717, 1.165) is 117 Å². The van der Waals surface area contributed by atoms with Crippen LogP contribution < -0.4 is 36.1 Å². The van der Waals surface area contributed by atoms with E-state index in [1.165, 1.54) is 35.2 Å². The Hall–Kier alpha value is -7.15. The lowest BCUT2D eigenvalue weighted by Crippen LogP contribution is -2.53. The Morgan fingerprint density at radius 3 is 1.65 bits per heavy atom. The monoisotopic (exact) mass is 1180 g/mol. The zero-order valence-electron chi connectivity index (χ0n) is 49.6. The summed E-state index contributed by atoms with van der Waals surface area (Å²) < 4.78 is 25.0. The van der Waals surface area contributed by atoms with Gasteiger partial charge in [-0.15, -0.1) is 22.7 Å². The number of carbonyl (C=O) groups excluding carboxylic acids is 1. The van der Waals surface area contributed by atoms with E-state index in [-0.39, 0.29) is 30.2 Å². The molecule has 6 aliphatic rings. The van der Waals surface area contributed by atoms with Crippen LogP contribution in [0.15, 0.2) is 46.0 Å². The topological polar surface area (TPSA) is 267 Å². The first kappa shape index (κ1) is 58.6. The van der Waals surface area contributed by atoms with E-state index in [9.17, 15) is 15.3 Å². The fourth-order valence-electron chi connectivity index (χ4n) is 13.8. The highest BCUT2D eigenvalue weighted by Crippen LogP contribution is 2.51. The molecule has 0 spiro atoms. The van der Waals surface area contributed by atoms with Crippen molar-refractivity contribution >= 4 is 50.2 Å². The number of amides is 1. The zero-order chi connectivity index (χ0) is 59.2. The quantitative estimate of drug-likeness (QED) is 0.0917. The number of ether oxygens (including phenoxy) is 2. The van der Waals surface area contributed by atoms with Gasteiger partial charge in [0, 0.05) is 97.5 Å². The molecule has 0 radical (unpaired) electrons. The highest BCUT2D eigenvalue weighted by atomic mass is 32.1. The molecule has 0 aromatic carbocycles. The SMILES string of the molecule is C=CC(=O)N1CCN(c2cc(O[C@@H](C)[C@@H]3CCCN3C)nc(-c3cc([C@@]4(C)CCCc5sc(N)c(C#N)c54)on3)n2)[C@H](C)C1.C[C@H](Oc1cc(N2CCNC[C@H]2C)nc(-c2cc([C@@]3(C)CCCc4sc(N)c(C#N)c43)on2)n1)[C@@H]1CCCN1C. The molecule has 0 bridgehead atoms. The van der Waals surface area contributed by atoms with Gasteiger partial charge in [-0.2, -0.15) is 20.5 Å². The van der Waals surface area contributed by atoms with Crippen molar-refractivity contribution in [3.63, 3.8) is 0 Å². The Bertz CT molecular complexity index is 3490. The molecule has 2 aliphatic carbocycles. The number of likely N-dealkylation sites (N-methyl/N-ethyl adjacent to an activating group) is 2. The van der Waals surface area contributed by atoms with Gasteiger partial charge in [0.05, 0.1) is 22.0 Å². The molecule has 21 nitrogen and oxygen atoms in total. The Morgan fingerprint density at radius 1 is 0.738 bits per heavy atom. The molecule has 4 saturated heterocycles. The first-order valence-electron chi connectivity index (χ1n) is 29.7. The molecule has 10 heterocycles. The van der Waals surface area contributed by atoms with Crippen molar-refractivity contribution in [3.05, 3.63) is 80.4 Å². The van der Waals surface area contributed by atoms with E-state index in [2.05, 4.69) is 110 Å². The van der Waals surface area contributed by atoms with Crippen LogP contribution in [0.2, 0.25) is 0 Å². The molecule has 8 atom stereocenters. The molecule has 6 aromatic rings. The number of anilines is 4. The van der Waals surface area contributed by atoms with Gasteiger partial charge in [0.15, 0.2) is 23.0 Å². The number of piperazine rings is 2. The van der Waals surface area contributed by atoms with Gasteiger partial charge in [-0.25, -0.2) is 9.97 Å². The fourth-order valence-corrected chi connectivity index (χ4v) is 16.2. The minimum atomic E-state index is -0.543. The molecule has 5 N–H and O–H groups in total. The summed E-state index contributed by atoms with van der Waals surface area (Å²) in [6.07, 6.45) is 11.2. The highest BCUT2D eigenvalue weighted by molar-refractivity contribution is 7.16. The third-order valence-corrected chi connectivity index (χ3v) is 20.7. The fraction of sp³-hybridized carbons (Fsp3) is 0.557. The number of nitrogen functional groups attached to an aromatic ring is 2. The molecular weight excluding hydrogens is 1100 g/mol. The lowest BCUT2D eigenvalue weighted by molar-refractivity contribution is -0.126. The van der Waals surface area contributed by atoms with Crippen LogP contribution in [0.4, 0.5) is 21.6 Å². The second-order valence-corrected chi connectivity index (χ2v) is 26.4. The number of likely N-dealkylation sites (tertiary alicyclic amines) is 2. The number of nitrogens with zero attached hydrogens (tertiary/aromatic N) is 13. The number of hydrogen-bond acceptors (Lipinski definition) is 22. The van der Waals surface area contributed by atoms with Gasteiger partial charge < -0.3 is 50.0 Å². The van der Waals surface area contributed by atoms with Gasteiger partial charge >= 0.3 is 0 Å². The number of aromatic nitrogens is 6. The van der Waals surface area contributed by atoms with Gasteiger partial charge in [-0.05, 0) is 150 Å². The van der Waals surface area contributed by atoms with Crippen molar-refractivity contribution in [1.82, 2.24) is 50.3 Å². The Morgan fingerprint density at radius 2 is 1.23 bits per heavy atom. The minimum Gasteiger partial charge on any atom is -0.473 e. The first-order valence-corrected chi connectivity index (χ1v) is 31.3. The first-order chi connectivity index (χ1) is 40.4. The molecule has 6 aromatic heterocycles. The minimum absolute atomic E-state index is 0.00978. The average molecular weight is 1180 g/mol. The summed E-state index contributed by atoms with van der Waals surface area (Å²) in [5.74, 6) is 4.73. The van der Waals surface area contributed by atoms with Crippen molar-refractivity contribution in [1.29, 1.82) is 10.5 Å². The molecule has 23 heteroatoms. The lowest BCUT2D eigenvalue weighted by Gasteiger charge is -2.40. The normalized spacial score (nSPS) is 25.2. The smallest absolute Gasteiger partial charge is 0.246 e. The van der Waals surface area contributed by atoms with Gasteiger partial charge in [0.2, 0.25) is 17.7 Å². The van der Waals surface area contributed by atoms with Crippen molar-refractivity contribution in [2.45, 2.75) is 153 Å². The summed E-state index contributed by atoms with van der Waals surface area (Å²) >= 11 is 3.01. The second kappa shape index (κ2) is 24.1. The van der Waals surface area contributed by atoms with Crippen LogP contribution in [0.1, 0.15) is 136 Å². The van der Waals surface area contributed by atoms with Crippen LogP contribution in [0.5, 0.6) is 11.8 Å². The number of hydrogen-bond donors (Lipinski definition) is 3. The number of nitrogens with one attached hydrogen (secondary N) is 1. The average Bonchev–Trinajstić information content (AvgIpc) is 1.88. The van der Waals surface area contributed by atoms with Crippen LogP contribution in [0.3, 0.4) is 0 Å². The summed E-state index contributed by atoms with van der Waals surface area (Å²) in [5, 5.41) is 33.3. The van der Waals surface area contributed by atoms with Crippen LogP contribution in [0, 0.1) is 22.7 Å². The number of carbonyl (C=O) groups is 1. The maximum Gasteiger partial charge on any atom is 0.246 e. The molecule has 4 fully saturated rings. The van der Waals surface area contributed by atoms with E-state index in [1.54, 1.807) is 4.90 Å². The van der Waals surface area contributed by atoms with E-state index < -0.39 is 10.8 Å². The number of thiophene rings is 2. The molecule has 444 valence electrons. The van der Waals surface area contributed by atoms with Crippen LogP contribution >= 0.6 is 22.7 Å². The molecule has 1 amide bonds. The standard InChI is InChI=1S/C32H40N8O3S.C29H38N8O2S/c1-6-28(41)39-13-14-40(19(2)18-39)26-16-27(42-20(3)23-9-8-12-38(23)5)36-31(35-26)22-15-25(43-37-22)32(4)11-7-10-24-29(32)21(17-33)30(34)44-24;1-17-16-32-10-12-37(17)24-14-25(38-18(2)21-7-6-11-36(21)4)34-28(33-24)20-13-23(39-35-20)29(3)9-5-8-22-26(29)19(15-30)27(31)40-22/h6,15-16,19-20,23H,1,7-14,18,34H2,2-5H3;13-14,17-18,21,32H,5-12,16,31H2,1-4H3/t19-,20+,23+,32-;17-,18+,21+,29-/m11/s1. The van der Waals surface area contributed by atoms with Crippen LogP contribution in [-0.2, 0) is 28.5 Å². The van der Waals surface area contributed by atoms with E-state index in [0.29, 0.717) is 105 Å².